The molecule has 1 amide bonds. The summed E-state index contributed by atoms with van der Waals surface area (Å²) in [6, 6.07) is 14.3. The van der Waals surface area contributed by atoms with E-state index < -0.39 is 35.6 Å². The molecule has 0 spiro atoms. The molecule has 0 bridgehead atoms. The Labute approximate surface area is 254 Å². The molecular formula is C31H27F6N3O3S. The van der Waals surface area contributed by atoms with Gasteiger partial charge in [0.1, 0.15) is 6.61 Å². The summed E-state index contributed by atoms with van der Waals surface area (Å²) in [6.07, 6.45) is -8.30. The predicted molar refractivity (Wildman–Crippen MR) is 157 cm³/mol. The van der Waals surface area contributed by atoms with Crippen LogP contribution in [0.15, 0.2) is 70.6 Å². The van der Waals surface area contributed by atoms with Gasteiger partial charge >= 0.3 is 12.4 Å². The monoisotopic (exact) mass is 635 g/mol. The van der Waals surface area contributed by atoms with Gasteiger partial charge in [0, 0.05) is 37.4 Å². The molecule has 2 heterocycles. The molecule has 0 N–H and O–H groups in total. The van der Waals surface area contributed by atoms with E-state index in [1.165, 1.54) is 30.5 Å². The van der Waals surface area contributed by atoms with Crippen molar-refractivity contribution < 1.29 is 40.6 Å². The zero-order valence-electron chi connectivity index (χ0n) is 23.6. The Morgan fingerprint density at radius 2 is 1.55 bits per heavy atom. The molecule has 5 rings (SSSR count). The van der Waals surface area contributed by atoms with Crippen LogP contribution in [-0.2, 0) is 23.8 Å². The molecule has 1 fully saturated rings. The van der Waals surface area contributed by atoms with Crippen molar-refractivity contribution in [2.24, 2.45) is 4.99 Å². The van der Waals surface area contributed by atoms with Crippen molar-refractivity contribution in [2.45, 2.75) is 25.9 Å². The number of amidine groups is 1. The highest BCUT2D eigenvalue weighted by Gasteiger charge is 2.38. The summed E-state index contributed by atoms with van der Waals surface area (Å²) in [4.78, 5) is 21.7. The van der Waals surface area contributed by atoms with Gasteiger partial charge < -0.3 is 19.3 Å². The number of hydrogen-bond acceptors (Lipinski definition) is 6. The van der Waals surface area contributed by atoms with E-state index in [0.717, 1.165) is 24.8 Å². The second-order valence-corrected chi connectivity index (χ2v) is 11.2. The van der Waals surface area contributed by atoms with E-state index in [-0.39, 0.29) is 23.5 Å². The molecule has 0 atom stereocenters. The first kappa shape index (κ1) is 31.3. The number of nitrogens with zero attached hydrogens (tertiary/aromatic N) is 3. The molecule has 44 heavy (non-hydrogen) atoms. The van der Waals surface area contributed by atoms with Crippen molar-refractivity contribution in [3.8, 4) is 11.5 Å². The quantitative estimate of drug-likeness (QED) is 0.208. The van der Waals surface area contributed by atoms with Gasteiger partial charge in [0.05, 0.1) is 23.1 Å². The van der Waals surface area contributed by atoms with Crippen molar-refractivity contribution >= 4 is 34.6 Å². The van der Waals surface area contributed by atoms with Gasteiger partial charge in [-0.2, -0.15) is 31.3 Å². The van der Waals surface area contributed by atoms with Gasteiger partial charge in [-0.1, -0.05) is 29.8 Å². The van der Waals surface area contributed by atoms with Crippen molar-refractivity contribution in [2.75, 3.05) is 38.2 Å². The molecule has 0 aliphatic carbocycles. The first-order valence-electron chi connectivity index (χ1n) is 13.5. The predicted octanol–water partition coefficient (Wildman–Crippen LogP) is 7.41. The van der Waals surface area contributed by atoms with Gasteiger partial charge in [-0.3, -0.25) is 4.79 Å². The zero-order chi connectivity index (χ0) is 31.6. The van der Waals surface area contributed by atoms with Crippen LogP contribution < -0.4 is 14.4 Å². The summed E-state index contributed by atoms with van der Waals surface area (Å²) in [6.45, 7) is 4.37. The van der Waals surface area contributed by atoms with Crippen molar-refractivity contribution in [3.05, 3.63) is 93.4 Å². The topological polar surface area (TPSA) is 54.4 Å². The minimum Gasteiger partial charge on any atom is -0.493 e. The molecule has 3 aromatic rings. The maximum Gasteiger partial charge on any atom is 0.416 e. The Balaban J connectivity index is 1.24. The number of anilines is 1. The Morgan fingerprint density at radius 3 is 2.18 bits per heavy atom. The van der Waals surface area contributed by atoms with Gasteiger partial charge in [0.15, 0.2) is 16.7 Å². The lowest BCUT2D eigenvalue weighted by atomic mass is 10.0. The molecule has 0 unspecified atom stereocenters. The van der Waals surface area contributed by atoms with Crippen molar-refractivity contribution in [3.63, 3.8) is 0 Å². The van der Waals surface area contributed by atoms with Crippen LogP contribution >= 0.6 is 11.8 Å². The Kier molecular flexibility index (Phi) is 8.87. The molecule has 2 aliphatic rings. The van der Waals surface area contributed by atoms with Crippen LogP contribution in [0.25, 0.3) is 6.08 Å². The number of halogens is 6. The fraction of sp³-hybridized carbons (Fsp3) is 0.290. The van der Waals surface area contributed by atoms with Crippen LogP contribution in [0.2, 0.25) is 0 Å². The average Bonchev–Trinajstić information content (AvgIpc) is 3.35. The Morgan fingerprint density at radius 1 is 0.864 bits per heavy atom. The first-order valence-corrected chi connectivity index (χ1v) is 14.3. The first-order chi connectivity index (χ1) is 20.8. The maximum absolute atomic E-state index is 13.5. The number of aliphatic imine (C=N–C) groups is 1. The third kappa shape index (κ3) is 7.15. The summed E-state index contributed by atoms with van der Waals surface area (Å²) in [5, 5.41) is 0.619. The number of methoxy groups -OCH3 is 1. The number of carbonyl (C=O) groups is 1. The van der Waals surface area contributed by atoms with E-state index in [2.05, 4.69) is 39.1 Å². The maximum atomic E-state index is 13.5. The number of alkyl halides is 6. The summed E-state index contributed by atoms with van der Waals surface area (Å²) in [7, 11) is 1.34. The van der Waals surface area contributed by atoms with E-state index in [1.54, 1.807) is 18.2 Å². The number of rotatable bonds is 6. The Bertz CT molecular complexity index is 1590. The van der Waals surface area contributed by atoms with Crippen LogP contribution in [0.4, 0.5) is 32.0 Å². The van der Waals surface area contributed by atoms with Crippen molar-refractivity contribution in [1.29, 1.82) is 0 Å². The molecule has 232 valence electrons. The Hall–Kier alpha value is -4.13. The third-order valence-electron chi connectivity index (χ3n) is 7.17. The fourth-order valence-electron chi connectivity index (χ4n) is 4.79. The van der Waals surface area contributed by atoms with Gasteiger partial charge in [0.25, 0.3) is 5.91 Å². The largest absolute Gasteiger partial charge is 0.493 e. The van der Waals surface area contributed by atoms with E-state index in [4.69, 9.17) is 9.47 Å². The van der Waals surface area contributed by atoms with E-state index in [9.17, 15) is 31.1 Å². The number of carbonyl (C=O) groups excluding carboxylic acids is 1. The highest BCUT2D eigenvalue weighted by Crippen LogP contribution is 2.39. The molecule has 6 nitrogen and oxygen atoms in total. The lowest BCUT2D eigenvalue weighted by molar-refractivity contribution is -0.143. The lowest BCUT2D eigenvalue weighted by Gasteiger charge is -2.36. The summed E-state index contributed by atoms with van der Waals surface area (Å²) >= 11 is 1.26. The van der Waals surface area contributed by atoms with Crippen LogP contribution in [-0.4, -0.2) is 49.3 Å². The summed E-state index contributed by atoms with van der Waals surface area (Å²) in [5.74, 6) is -0.132. The number of aryl methyl sites for hydroxylation is 1. The fourth-order valence-corrected chi connectivity index (χ4v) is 5.75. The summed E-state index contributed by atoms with van der Waals surface area (Å²) in [5.41, 5.74) is -0.391. The SMILES string of the molecule is COc1cc(/C=C2/SC(N3CCN(c4ccc(C)cc4)CC3)=NC2=O)ccc1OCc1ccc(C(F)(F)F)cc1C(F)(F)F. The highest BCUT2D eigenvalue weighted by atomic mass is 32.2. The molecular weight excluding hydrogens is 608 g/mol. The number of ether oxygens (including phenoxy) is 2. The van der Waals surface area contributed by atoms with Crippen LogP contribution in [0, 0.1) is 6.92 Å². The summed E-state index contributed by atoms with van der Waals surface area (Å²) < 4.78 is 90.4. The van der Waals surface area contributed by atoms with Crippen LogP contribution in [0.1, 0.15) is 27.8 Å². The van der Waals surface area contributed by atoms with Crippen molar-refractivity contribution in [1.82, 2.24) is 4.90 Å². The minimum absolute atomic E-state index is 0.0712. The molecule has 0 saturated carbocycles. The van der Waals surface area contributed by atoms with Crippen LogP contribution in [0.3, 0.4) is 0 Å². The molecule has 1 saturated heterocycles. The zero-order valence-corrected chi connectivity index (χ0v) is 24.4. The minimum atomic E-state index is -5.01. The second kappa shape index (κ2) is 12.5. The van der Waals surface area contributed by atoms with E-state index in [1.807, 2.05) is 6.92 Å². The smallest absolute Gasteiger partial charge is 0.416 e. The van der Waals surface area contributed by atoms with Crippen LogP contribution in [0.5, 0.6) is 11.5 Å². The third-order valence-corrected chi connectivity index (χ3v) is 8.21. The molecule has 3 aromatic carbocycles. The van der Waals surface area contributed by atoms with Gasteiger partial charge in [0.2, 0.25) is 0 Å². The number of piperazine rings is 1. The van der Waals surface area contributed by atoms with E-state index in [0.29, 0.717) is 34.8 Å². The molecule has 2 aliphatic heterocycles. The average molecular weight is 636 g/mol. The molecule has 0 radical (unpaired) electrons. The lowest BCUT2D eigenvalue weighted by Crippen LogP contribution is -2.47. The van der Waals surface area contributed by atoms with Gasteiger partial charge in [-0.05, 0) is 66.7 Å². The molecule has 0 aromatic heterocycles. The normalized spacial score (nSPS) is 16.9. The van der Waals surface area contributed by atoms with E-state index >= 15 is 0 Å². The number of benzene rings is 3. The molecule has 13 heteroatoms. The highest BCUT2D eigenvalue weighted by molar-refractivity contribution is 8.18. The standard InChI is InChI=1S/C31H27F6N3O3S/c1-19-3-8-23(9-4-19)39-11-13-40(14-12-39)29-38-28(41)27(44-29)16-20-5-10-25(26(15-20)42-2)43-18-21-6-7-22(30(32,33)34)17-24(21)31(35,36)37/h3-10,15-17H,11-14,18H2,1-2H3/b27-16+. The number of hydrogen-bond donors (Lipinski definition) is 0. The second-order valence-electron chi connectivity index (χ2n) is 10.2. The van der Waals surface area contributed by atoms with Gasteiger partial charge in [-0.15, -0.1) is 0 Å². The number of amides is 1. The number of thioether (sulfide) groups is 1. The van der Waals surface area contributed by atoms with Gasteiger partial charge in [-0.25, -0.2) is 0 Å².